The van der Waals surface area contributed by atoms with Crippen molar-refractivity contribution < 1.29 is 14.3 Å². The van der Waals surface area contributed by atoms with Crippen molar-refractivity contribution in [3.05, 3.63) is 76.6 Å². The molecule has 1 heterocycles. The van der Waals surface area contributed by atoms with Gasteiger partial charge in [-0.2, -0.15) is 5.10 Å². The van der Waals surface area contributed by atoms with Crippen molar-refractivity contribution >= 4 is 11.8 Å². The number of benzene rings is 2. The van der Waals surface area contributed by atoms with Gasteiger partial charge < -0.3 is 15.4 Å². The Morgan fingerprint density at radius 2 is 1.65 bits per heavy atom. The molecule has 0 aliphatic heterocycles. The van der Waals surface area contributed by atoms with Crippen molar-refractivity contribution in [1.29, 1.82) is 0 Å². The van der Waals surface area contributed by atoms with E-state index in [1.807, 2.05) is 35.9 Å². The van der Waals surface area contributed by atoms with E-state index in [-0.39, 0.29) is 11.8 Å². The third-order valence-electron chi connectivity index (χ3n) is 5.47. The Labute approximate surface area is 181 Å². The van der Waals surface area contributed by atoms with Gasteiger partial charge in [0.05, 0.1) is 12.8 Å². The Morgan fingerprint density at radius 1 is 0.968 bits per heavy atom. The minimum atomic E-state index is -0.206. The molecule has 0 bridgehead atoms. The maximum atomic E-state index is 12.8. The number of ether oxygens (including phenoxy) is 1. The number of aromatic nitrogens is 2. The highest BCUT2D eigenvalue weighted by molar-refractivity contribution is 5.95. The number of amides is 2. The summed E-state index contributed by atoms with van der Waals surface area (Å²) in [6, 6.07) is 15.0. The molecule has 1 aliphatic rings. The van der Waals surface area contributed by atoms with Crippen molar-refractivity contribution in [2.45, 2.75) is 26.2 Å². The minimum absolute atomic E-state index is 0.193. The highest BCUT2D eigenvalue weighted by Crippen LogP contribution is 2.27. The quantitative estimate of drug-likeness (QED) is 0.578. The largest absolute Gasteiger partial charge is 0.497 e. The number of nitrogens with zero attached hydrogens (tertiary/aromatic N) is 2. The van der Waals surface area contributed by atoms with Crippen molar-refractivity contribution in [3.63, 3.8) is 0 Å². The predicted octanol–water partition coefficient (Wildman–Crippen LogP) is 2.84. The van der Waals surface area contributed by atoms with Crippen molar-refractivity contribution in [2.24, 2.45) is 0 Å². The van der Waals surface area contributed by atoms with Crippen LogP contribution in [0.5, 0.6) is 5.75 Å². The molecule has 7 nitrogen and oxygen atoms in total. The van der Waals surface area contributed by atoms with Crippen LogP contribution in [0.15, 0.2) is 48.5 Å². The van der Waals surface area contributed by atoms with Crippen LogP contribution in [0.25, 0.3) is 5.69 Å². The van der Waals surface area contributed by atoms with Gasteiger partial charge in [0.1, 0.15) is 5.75 Å². The standard InChI is InChI=1S/C24H26N4O3/c1-16-6-10-18(11-7-16)28-21-5-3-4-20(21)22(27-28)24(30)26-15-14-25-23(29)17-8-12-19(31-2)13-9-17/h6-13H,3-5,14-15H2,1-2H3,(H,25,29)(H,26,30). The molecular formula is C24H26N4O3. The molecule has 3 aromatic rings. The summed E-state index contributed by atoms with van der Waals surface area (Å²) in [5, 5.41) is 10.3. The summed E-state index contributed by atoms with van der Waals surface area (Å²) in [6.45, 7) is 2.70. The van der Waals surface area contributed by atoms with Crippen LogP contribution in [0.1, 0.15) is 44.1 Å². The lowest BCUT2D eigenvalue weighted by molar-refractivity contribution is 0.0924. The molecule has 1 aliphatic carbocycles. The first kappa shape index (κ1) is 20.7. The maximum Gasteiger partial charge on any atom is 0.272 e. The third kappa shape index (κ3) is 4.45. The Kier molecular flexibility index (Phi) is 6.02. The number of nitrogens with one attached hydrogen (secondary N) is 2. The molecule has 2 aromatic carbocycles. The van der Waals surface area contributed by atoms with Gasteiger partial charge in [0.15, 0.2) is 5.69 Å². The first-order chi connectivity index (χ1) is 15.1. The topological polar surface area (TPSA) is 85.2 Å². The van der Waals surface area contributed by atoms with Gasteiger partial charge in [-0.25, -0.2) is 4.68 Å². The van der Waals surface area contributed by atoms with E-state index in [0.29, 0.717) is 30.1 Å². The molecule has 2 amide bonds. The van der Waals surface area contributed by atoms with Crippen LogP contribution in [-0.2, 0) is 12.8 Å². The van der Waals surface area contributed by atoms with E-state index in [1.54, 1.807) is 31.4 Å². The zero-order chi connectivity index (χ0) is 21.8. The molecule has 0 unspecified atom stereocenters. The van der Waals surface area contributed by atoms with Crippen LogP contribution < -0.4 is 15.4 Å². The lowest BCUT2D eigenvalue weighted by Crippen LogP contribution is -2.35. The average Bonchev–Trinajstić information content (AvgIpc) is 3.40. The predicted molar refractivity (Wildman–Crippen MR) is 118 cm³/mol. The summed E-state index contributed by atoms with van der Waals surface area (Å²) in [7, 11) is 1.58. The lowest BCUT2D eigenvalue weighted by atomic mass is 10.2. The Morgan fingerprint density at radius 3 is 2.32 bits per heavy atom. The fourth-order valence-electron chi connectivity index (χ4n) is 3.80. The summed E-state index contributed by atoms with van der Waals surface area (Å²) < 4.78 is 6.99. The van der Waals surface area contributed by atoms with Crippen LogP contribution in [0.2, 0.25) is 0 Å². The van der Waals surface area contributed by atoms with Gasteiger partial charge >= 0.3 is 0 Å². The maximum absolute atomic E-state index is 12.8. The Balaban J connectivity index is 1.36. The summed E-state index contributed by atoms with van der Waals surface area (Å²) >= 11 is 0. The van der Waals surface area contributed by atoms with E-state index in [2.05, 4.69) is 15.7 Å². The number of hydrogen-bond donors (Lipinski definition) is 2. The van der Waals surface area contributed by atoms with Gasteiger partial charge in [-0.1, -0.05) is 17.7 Å². The Hall–Kier alpha value is -3.61. The van der Waals surface area contributed by atoms with Crippen LogP contribution >= 0.6 is 0 Å². The van der Waals surface area contributed by atoms with Crippen LogP contribution in [0.4, 0.5) is 0 Å². The molecule has 160 valence electrons. The van der Waals surface area contributed by atoms with Gasteiger partial charge in [0.25, 0.3) is 11.8 Å². The Bertz CT molecular complexity index is 1090. The number of carbonyl (C=O) groups excluding carboxylic acids is 2. The van der Waals surface area contributed by atoms with Gasteiger partial charge in [0, 0.05) is 29.9 Å². The number of hydrogen-bond acceptors (Lipinski definition) is 4. The second-order valence-corrected chi connectivity index (χ2v) is 7.62. The molecular weight excluding hydrogens is 392 g/mol. The smallest absolute Gasteiger partial charge is 0.272 e. The molecule has 7 heteroatoms. The van der Waals surface area contributed by atoms with E-state index in [9.17, 15) is 9.59 Å². The van der Waals surface area contributed by atoms with Crippen molar-refractivity contribution in [1.82, 2.24) is 20.4 Å². The summed E-state index contributed by atoms with van der Waals surface area (Å²) in [5.41, 5.74) is 5.32. The molecule has 0 saturated carbocycles. The van der Waals surface area contributed by atoms with E-state index in [0.717, 1.165) is 36.2 Å². The molecule has 2 N–H and O–H groups in total. The molecule has 0 atom stereocenters. The minimum Gasteiger partial charge on any atom is -0.497 e. The monoisotopic (exact) mass is 418 g/mol. The van der Waals surface area contributed by atoms with Crippen molar-refractivity contribution in [2.75, 3.05) is 20.2 Å². The van der Waals surface area contributed by atoms with Crippen molar-refractivity contribution in [3.8, 4) is 11.4 Å². The van der Waals surface area contributed by atoms with E-state index in [4.69, 9.17) is 4.74 Å². The van der Waals surface area contributed by atoms with E-state index >= 15 is 0 Å². The molecule has 0 radical (unpaired) electrons. The fourth-order valence-corrected chi connectivity index (χ4v) is 3.80. The summed E-state index contributed by atoms with van der Waals surface area (Å²) in [4.78, 5) is 25.0. The van der Waals surface area contributed by atoms with Gasteiger partial charge in [-0.05, 0) is 62.6 Å². The van der Waals surface area contributed by atoms with Gasteiger partial charge in [-0.15, -0.1) is 0 Å². The highest BCUT2D eigenvalue weighted by atomic mass is 16.5. The van der Waals surface area contributed by atoms with Crippen LogP contribution in [0.3, 0.4) is 0 Å². The molecule has 1 aromatic heterocycles. The number of carbonyl (C=O) groups is 2. The highest BCUT2D eigenvalue weighted by Gasteiger charge is 2.26. The lowest BCUT2D eigenvalue weighted by Gasteiger charge is -2.08. The summed E-state index contributed by atoms with van der Waals surface area (Å²) in [6.07, 6.45) is 2.80. The summed E-state index contributed by atoms with van der Waals surface area (Å²) in [5.74, 6) is 0.297. The van der Waals surface area contributed by atoms with Gasteiger partial charge in [0.2, 0.25) is 0 Å². The number of rotatable bonds is 7. The fraction of sp³-hybridized carbons (Fsp3) is 0.292. The molecule has 4 rings (SSSR count). The van der Waals surface area contributed by atoms with Crippen LogP contribution in [-0.4, -0.2) is 41.8 Å². The molecule has 31 heavy (non-hydrogen) atoms. The number of fused-ring (bicyclic) bond motifs is 1. The zero-order valence-electron chi connectivity index (χ0n) is 17.8. The first-order valence-corrected chi connectivity index (χ1v) is 10.4. The normalized spacial score (nSPS) is 12.3. The third-order valence-corrected chi connectivity index (χ3v) is 5.47. The van der Waals surface area contributed by atoms with Gasteiger partial charge in [-0.3, -0.25) is 9.59 Å². The van der Waals surface area contributed by atoms with E-state index in [1.165, 1.54) is 5.56 Å². The average molecular weight is 418 g/mol. The molecule has 0 spiro atoms. The second-order valence-electron chi connectivity index (χ2n) is 7.62. The molecule has 0 saturated heterocycles. The number of aryl methyl sites for hydroxylation is 1. The van der Waals surface area contributed by atoms with Crippen LogP contribution in [0, 0.1) is 6.92 Å². The van der Waals surface area contributed by atoms with E-state index < -0.39 is 0 Å². The molecule has 0 fully saturated rings. The zero-order valence-corrected chi connectivity index (χ0v) is 17.8. The SMILES string of the molecule is COc1ccc(C(=O)NCCNC(=O)c2nn(-c3ccc(C)cc3)c3c2CCC3)cc1. The first-order valence-electron chi connectivity index (χ1n) is 10.4. The second kappa shape index (κ2) is 9.04. The number of methoxy groups -OCH3 is 1.